The molecule has 0 bridgehead atoms. The number of alkyl carbamates (subject to hydrolysis) is 1. The maximum absolute atomic E-state index is 13.1. The Morgan fingerprint density at radius 2 is 1.58 bits per heavy atom. The molecule has 0 aromatic heterocycles. The smallest absolute Gasteiger partial charge is 0.407 e. The van der Waals surface area contributed by atoms with Gasteiger partial charge in [0.15, 0.2) is 11.5 Å². The van der Waals surface area contributed by atoms with Gasteiger partial charge in [0.1, 0.15) is 18.0 Å². The van der Waals surface area contributed by atoms with Crippen molar-refractivity contribution in [1.82, 2.24) is 5.32 Å². The normalized spacial score (nSPS) is 10.4. The van der Waals surface area contributed by atoms with Crippen molar-refractivity contribution in [3.8, 4) is 17.2 Å². The number of ketones is 1. The zero-order chi connectivity index (χ0) is 27.7. The Balaban J connectivity index is 1.67. The molecule has 11 heteroatoms. The molecule has 0 saturated heterocycles. The first kappa shape index (κ1) is 29.1. The summed E-state index contributed by atoms with van der Waals surface area (Å²) in [5.74, 6) is 0.0531. The molecule has 0 fully saturated rings. The first-order chi connectivity index (χ1) is 18.2. The summed E-state index contributed by atoms with van der Waals surface area (Å²) in [6.45, 7) is 1.63. The number of hydrogen-bond acceptors (Lipinski definition) is 7. The predicted molar refractivity (Wildman–Crippen MR) is 144 cm³/mol. The van der Waals surface area contributed by atoms with Gasteiger partial charge in [0.05, 0.1) is 35.9 Å². The van der Waals surface area contributed by atoms with E-state index in [0.29, 0.717) is 34.1 Å². The van der Waals surface area contributed by atoms with Crippen molar-refractivity contribution in [1.29, 1.82) is 0 Å². The number of carbonyl (C=O) groups is 3. The third-order valence-electron chi connectivity index (χ3n) is 5.11. The molecule has 38 heavy (non-hydrogen) atoms. The molecular formula is C27H24Cl3NO7. The van der Waals surface area contributed by atoms with E-state index in [0.717, 1.165) is 0 Å². The highest BCUT2D eigenvalue weighted by molar-refractivity contribution is 6.37. The quantitative estimate of drug-likeness (QED) is 0.204. The number of ether oxygens (including phenoxy) is 4. The molecule has 0 heterocycles. The summed E-state index contributed by atoms with van der Waals surface area (Å²) in [5, 5.41) is 3.26. The highest BCUT2D eigenvalue weighted by Gasteiger charge is 2.18. The SMILES string of the molecule is CCOC(=O)CNC(=O)OCCc1cc(Cl)c(Oc2ccc(OC)c(C(=O)c3ccc(Cl)cc3)c2)c(Cl)c1. The van der Waals surface area contributed by atoms with E-state index >= 15 is 0 Å². The Morgan fingerprint density at radius 1 is 0.895 bits per heavy atom. The minimum atomic E-state index is -0.751. The average molecular weight is 581 g/mol. The zero-order valence-electron chi connectivity index (χ0n) is 20.5. The lowest BCUT2D eigenvalue weighted by atomic mass is 10.0. The highest BCUT2D eigenvalue weighted by atomic mass is 35.5. The van der Waals surface area contributed by atoms with Gasteiger partial charge in [-0.2, -0.15) is 0 Å². The van der Waals surface area contributed by atoms with Gasteiger partial charge >= 0.3 is 12.1 Å². The van der Waals surface area contributed by atoms with Crippen molar-refractivity contribution in [3.05, 3.63) is 86.4 Å². The highest BCUT2D eigenvalue weighted by Crippen LogP contribution is 2.39. The number of esters is 1. The first-order valence-electron chi connectivity index (χ1n) is 11.4. The minimum Gasteiger partial charge on any atom is -0.496 e. The predicted octanol–water partition coefficient (Wildman–Crippen LogP) is 6.51. The van der Waals surface area contributed by atoms with Crippen molar-refractivity contribution < 1.29 is 33.3 Å². The van der Waals surface area contributed by atoms with Gasteiger partial charge in [0.25, 0.3) is 0 Å². The number of halogens is 3. The monoisotopic (exact) mass is 579 g/mol. The van der Waals surface area contributed by atoms with Crippen molar-refractivity contribution in [3.63, 3.8) is 0 Å². The summed E-state index contributed by atoms with van der Waals surface area (Å²) in [4.78, 5) is 36.1. The zero-order valence-corrected chi connectivity index (χ0v) is 22.8. The van der Waals surface area contributed by atoms with E-state index in [1.165, 1.54) is 7.11 Å². The number of rotatable bonds is 11. The van der Waals surface area contributed by atoms with Crippen LogP contribution in [-0.4, -0.2) is 44.7 Å². The van der Waals surface area contributed by atoms with E-state index in [1.54, 1.807) is 61.5 Å². The molecule has 0 radical (unpaired) electrons. The van der Waals surface area contributed by atoms with Crippen LogP contribution in [0.25, 0.3) is 0 Å². The van der Waals surface area contributed by atoms with Crippen LogP contribution in [0, 0.1) is 0 Å². The van der Waals surface area contributed by atoms with Crippen LogP contribution >= 0.6 is 34.8 Å². The molecule has 0 atom stereocenters. The summed E-state index contributed by atoms with van der Waals surface area (Å²) in [6.07, 6.45) is -0.437. The molecule has 0 aliphatic carbocycles. The molecule has 0 aliphatic heterocycles. The Labute approximate surface area is 234 Å². The molecule has 0 unspecified atom stereocenters. The fourth-order valence-corrected chi connectivity index (χ4v) is 4.06. The van der Waals surface area contributed by atoms with Crippen molar-refractivity contribution >= 4 is 52.6 Å². The number of amides is 1. The largest absolute Gasteiger partial charge is 0.496 e. The Morgan fingerprint density at radius 3 is 2.21 bits per heavy atom. The van der Waals surface area contributed by atoms with E-state index in [-0.39, 0.29) is 46.9 Å². The number of nitrogens with one attached hydrogen (secondary N) is 1. The van der Waals surface area contributed by atoms with Gasteiger partial charge in [-0.3, -0.25) is 9.59 Å². The molecule has 1 N–H and O–H groups in total. The van der Waals surface area contributed by atoms with Crippen LogP contribution in [0.4, 0.5) is 4.79 Å². The third kappa shape index (κ3) is 8.02. The van der Waals surface area contributed by atoms with Crippen LogP contribution in [0.3, 0.4) is 0 Å². The van der Waals surface area contributed by atoms with Crippen molar-refractivity contribution in [2.45, 2.75) is 13.3 Å². The van der Waals surface area contributed by atoms with Gasteiger partial charge in [-0.05, 0) is 67.1 Å². The standard InChI is InChI=1S/C27H24Cl3NO7/c1-3-36-24(32)15-31-27(34)37-11-10-16-12-21(29)26(22(30)13-16)38-19-8-9-23(35-2)20(14-19)25(33)17-4-6-18(28)7-5-17/h4-9,12-14H,3,10-11,15H2,1-2H3,(H,31,34). The lowest BCUT2D eigenvalue weighted by Crippen LogP contribution is -2.31. The fraction of sp³-hybridized carbons (Fsp3) is 0.222. The minimum absolute atomic E-state index is 0.0240. The second kappa shape index (κ2) is 13.9. The third-order valence-corrected chi connectivity index (χ3v) is 5.92. The number of benzene rings is 3. The number of hydrogen-bond donors (Lipinski definition) is 1. The van der Waals surface area contributed by atoms with Gasteiger partial charge < -0.3 is 24.3 Å². The lowest BCUT2D eigenvalue weighted by molar-refractivity contribution is -0.141. The number of carbonyl (C=O) groups excluding carboxylic acids is 3. The van der Waals surface area contributed by atoms with E-state index in [2.05, 4.69) is 5.32 Å². The molecule has 0 saturated carbocycles. The van der Waals surface area contributed by atoms with Gasteiger partial charge in [-0.1, -0.05) is 34.8 Å². The molecule has 0 aliphatic rings. The second-order valence-electron chi connectivity index (χ2n) is 7.73. The molecular weight excluding hydrogens is 557 g/mol. The Bertz CT molecular complexity index is 1290. The molecule has 3 rings (SSSR count). The molecule has 200 valence electrons. The molecule has 3 aromatic carbocycles. The van der Waals surface area contributed by atoms with Gasteiger partial charge in [0, 0.05) is 17.0 Å². The van der Waals surface area contributed by atoms with Crippen LogP contribution in [0.15, 0.2) is 54.6 Å². The average Bonchev–Trinajstić information content (AvgIpc) is 2.89. The maximum atomic E-state index is 13.1. The van der Waals surface area contributed by atoms with E-state index in [1.807, 2.05) is 0 Å². The first-order valence-corrected chi connectivity index (χ1v) is 12.6. The second-order valence-corrected chi connectivity index (χ2v) is 8.98. The summed E-state index contributed by atoms with van der Waals surface area (Å²) in [6, 6.07) is 14.5. The van der Waals surface area contributed by atoms with E-state index in [4.69, 9.17) is 53.8 Å². The van der Waals surface area contributed by atoms with Gasteiger partial charge in [-0.15, -0.1) is 0 Å². The topological polar surface area (TPSA) is 100 Å². The molecule has 0 spiro atoms. The van der Waals surface area contributed by atoms with Crippen LogP contribution in [0.2, 0.25) is 15.1 Å². The van der Waals surface area contributed by atoms with Crippen molar-refractivity contribution in [2.24, 2.45) is 0 Å². The van der Waals surface area contributed by atoms with Crippen molar-refractivity contribution in [2.75, 3.05) is 26.9 Å². The van der Waals surface area contributed by atoms with Crippen LogP contribution < -0.4 is 14.8 Å². The summed E-state index contributed by atoms with van der Waals surface area (Å²) >= 11 is 18.8. The van der Waals surface area contributed by atoms with Gasteiger partial charge in [-0.25, -0.2) is 4.79 Å². The van der Waals surface area contributed by atoms with Crippen LogP contribution in [0.1, 0.15) is 28.4 Å². The lowest BCUT2D eigenvalue weighted by Gasteiger charge is -2.14. The molecule has 1 amide bonds. The fourth-order valence-electron chi connectivity index (χ4n) is 3.33. The molecule has 3 aromatic rings. The summed E-state index contributed by atoms with van der Waals surface area (Å²) < 4.78 is 21.1. The van der Waals surface area contributed by atoms with Gasteiger partial charge in [0.2, 0.25) is 0 Å². The van der Waals surface area contributed by atoms with E-state index < -0.39 is 12.1 Å². The number of methoxy groups -OCH3 is 1. The molecule has 8 nitrogen and oxygen atoms in total. The van der Waals surface area contributed by atoms with E-state index in [9.17, 15) is 14.4 Å². The Hall–Kier alpha value is -3.46. The maximum Gasteiger partial charge on any atom is 0.407 e. The van der Waals surface area contributed by atoms with Crippen LogP contribution in [0.5, 0.6) is 17.2 Å². The summed E-state index contributed by atoms with van der Waals surface area (Å²) in [5.41, 5.74) is 1.41. The van der Waals surface area contributed by atoms with Crippen LogP contribution in [-0.2, 0) is 20.7 Å². The summed E-state index contributed by atoms with van der Waals surface area (Å²) in [7, 11) is 1.47. The Kier molecular flexibility index (Phi) is 10.6.